The molecule has 0 saturated heterocycles. The van der Waals surface area contributed by atoms with Gasteiger partial charge in [-0.2, -0.15) is 0 Å². The first-order valence-corrected chi connectivity index (χ1v) is 8.95. The summed E-state index contributed by atoms with van der Waals surface area (Å²) < 4.78 is 10.6. The minimum Gasteiger partial charge on any atom is -0.497 e. The van der Waals surface area contributed by atoms with E-state index in [1.54, 1.807) is 37.8 Å². The van der Waals surface area contributed by atoms with Crippen molar-refractivity contribution in [2.45, 2.75) is 0 Å². The average molecular weight is 391 g/mol. The van der Waals surface area contributed by atoms with Gasteiger partial charge in [0.05, 0.1) is 29.7 Å². The van der Waals surface area contributed by atoms with Gasteiger partial charge < -0.3 is 9.47 Å². The zero-order valence-electron chi connectivity index (χ0n) is 13.7. The zero-order chi connectivity index (χ0) is 18.7. The second-order valence-electron chi connectivity index (χ2n) is 4.95. The van der Waals surface area contributed by atoms with Gasteiger partial charge in [-0.1, -0.05) is 11.3 Å². The van der Waals surface area contributed by atoms with E-state index in [-0.39, 0.29) is 9.88 Å². The topological polar surface area (TPSA) is 104 Å². The molecular formula is C16H13N3O5S2. The Morgan fingerprint density at radius 3 is 2.69 bits per heavy atom. The number of ether oxygens (including phenoxy) is 2. The Labute approximate surface area is 156 Å². The van der Waals surface area contributed by atoms with Gasteiger partial charge in [0, 0.05) is 17.0 Å². The van der Waals surface area contributed by atoms with Crippen LogP contribution in [-0.4, -0.2) is 30.0 Å². The number of thiazole rings is 1. The molecule has 0 bridgehead atoms. The van der Waals surface area contributed by atoms with Crippen LogP contribution in [-0.2, 0) is 0 Å². The summed E-state index contributed by atoms with van der Waals surface area (Å²) in [5.41, 5.74) is 1.36. The Bertz CT molecular complexity index is 966. The fourth-order valence-corrected chi connectivity index (χ4v) is 3.60. The van der Waals surface area contributed by atoms with Gasteiger partial charge in [-0.3, -0.25) is 20.2 Å². The van der Waals surface area contributed by atoms with Gasteiger partial charge in [-0.25, -0.2) is 4.98 Å². The smallest absolute Gasteiger partial charge is 0.324 e. The van der Waals surface area contributed by atoms with Crippen molar-refractivity contribution >= 4 is 38.7 Å². The molecule has 0 aliphatic rings. The number of carbonyl (C=O) groups excluding carboxylic acids is 1. The number of benzene rings is 1. The minimum atomic E-state index is -0.530. The summed E-state index contributed by atoms with van der Waals surface area (Å²) in [5, 5.41) is 15.4. The molecule has 1 amide bonds. The molecular weight excluding hydrogens is 378 g/mol. The molecule has 8 nitrogen and oxygen atoms in total. The molecule has 3 rings (SSSR count). The van der Waals surface area contributed by atoms with E-state index >= 15 is 0 Å². The molecule has 0 unspecified atom stereocenters. The van der Waals surface area contributed by atoms with Crippen molar-refractivity contribution < 1.29 is 19.2 Å². The number of hydrogen-bond donors (Lipinski definition) is 1. The number of amides is 1. The molecule has 0 fully saturated rings. The Morgan fingerprint density at radius 1 is 1.23 bits per heavy atom. The third-order valence-electron chi connectivity index (χ3n) is 3.40. The highest BCUT2D eigenvalue weighted by atomic mass is 32.1. The van der Waals surface area contributed by atoms with Gasteiger partial charge in [0.1, 0.15) is 11.5 Å². The number of nitrogens with zero attached hydrogens (tertiary/aromatic N) is 2. The summed E-state index contributed by atoms with van der Waals surface area (Å²) in [6, 6.07) is 8.06. The highest BCUT2D eigenvalue weighted by Gasteiger charge is 2.17. The summed E-state index contributed by atoms with van der Waals surface area (Å²) in [6.45, 7) is 0. The molecule has 0 atom stereocenters. The fourth-order valence-electron chi connectivity index (χ4n) is 2.18. The van der Waals surface area contributed by atoms with Crippen LogP contribution in [0.4, 0.5) is 10.1 Å². The van der Waals surface area contributed by atoms with Crippen molar-refractivity contribution in [3.05, 3.63) is 50.7 Å². The Morgan fingerprint density at radius 2 is 2.04 bits per heavy atom. The molecule has 1 N–H and O–H groups in total. The van der Waals surface area contributed by atoms with Crippen LogP contribution < -0.4 is 14.8 Å². The zero-order valence-corrected chi connectivity index (χ0v) is 15.3. The summed E-state index contributed by atoms with van der Waals surface area (Å²) in [7, 11) is 3.13. The Hall–Kier alpha value is -2.98. The first-order chi connectivity index (χ1) is 12.5. The van der Waals surface area contributed by atoms with Crippen LogP contribution in [0.2, 0.25) is 0 Å². The van der Waals surface area contributed by atoms with E-state index in [1.807, 2.05) is 0 Å². The van der Waals surface area contributed by atoms with Gasteiger partial charge in [0.25, 0.3) is 5.91 Å². The molecule has 10 heteroatoms. The molecule has 2 heterocycles. The number of methoxy groups -OCH3 is 2. The van der Waals surface area contributed by atoms with Crippen LogP contribution >= 0.6 is 22.7 Å². The second-order valence-corrected chi connectivity index (χ2v) is 6.87. The van der Waals surface area contributed by atoms with Crippen LogP contribution in [0, 0.1) is 10.1 Å². The fraction of sp³-hybridized carbons (Fsp3) is 0.125. The van der Waals surface area contributed by atoms with E-state index < -0.39 is 10.8 Å². The van der Waals surface area contributed by atoms with Crippen molar-refractivity contribution in [3.8, 4) is 22.8 Å². The van der Waals surface area contributed by atoms with E-state index in [0.717, 1.165) is 16.9 Å². The van der Waals surface area contributed by atoms with Crippen molar-refractivity contribution in [2.24, 2.45) is 0 Å². The molecule has 0 aliphatic heterocycles. The highest BCUT2D eigenvalue weighted by Crippen LogP contribution is 2.35. The van der Waals surface area contributed by atoms with E-state index in [1.165, 1.54) is 23.5 Å². The number of hydrogen-bond acceptors (Lipinski definition) is 8. The predicted octanol–water partition coefficient (Wildman–Crippen LogP) is 4.05. The molecule has 26 heavy (non-hydrogen) atoms. The molecule has 134 valence electrons. The molecule has 0 radical (unpaired) electrons. The maximum atomic E-state index is 12.2. The van der Waals surface area contributed by atoms with Crippen LogP contribution in [0.3, 0.4) is 0 Å². The maximum Gasteiger partial charge on any atom is 0.324 e. The summed E-state index contributed by atoms with van der Waals surface area (Å²) >= 11 is 2.06. The minimum absolute atomic E-state index is 0.0869. The van der Waals surface area contributed by atoms with E-state index in [0.29, 0.717) is 22.3 Å². The first-order valence-electron chi connectivity index (χ1n) is 7.25. The van der Waals surface area contributed by atoms with Crippen molar-refractivity contribution in [3.63, 3.8) is 0 Å². The largest absolute Gasteiger partial charge is 0.497 e. The highest BCUT2D eigenvalue weighted by molar-refractivity contribution is 7.17. The number of rotatable bonds is 6. The lowest BCUT2D eigenvalue weighted by Gasteiger charge is -2.08. The van der Waals surface area contributed by atoms with Gasteiger partial charge in [-0.05, 0) is 24.3 Å². The molecule has 0 saturated carbocycles. The first kappa shape index (κ1) is 17.8. The third kappa shape index (κ3) is 3.65. The van der Waals surface area contributed by atoms with Gasteiger partial charge >= 0.3 is 5.00 Å². The van der Waals surface area contributed by atoms with E-state index in [4.69, 9.17) is 9.47 Å². The number of aromatic nitrogens is 1. The monoisotopic (exact) mass is 391 g/mol. The van der Waals surface area contributed by atoms with Crippen molar-refractivity contribution in [2.75, 3.05) is 19.5 Å². The number of carbonyl (C=O) groups is 1. The van der Waals surface area contributed by atoms with Crippen LogP contribution in [0.1, 0.15) is 9.67 Å². The second kappa shape index (κ2) is 7.50. The number of nitrogens with one attached hydrogen (secondary N) is 1. The van der Waals surface area contributed by atoms with Crippen LogP contribution in [0.15, 0.2) is 35.7 Å². The third-order valence-corrected chi connectivity index (χ3v) is 5.20. The standard InChI is InChI=1S/C16H13N3O5S2/c1-23-9-3-4-12(24-2)10(7-9)11-8-25-16(17-11)18-15(20)13-5-6-14(26-13)19(21)22/h3-8H,1-2H3,(H,17,18,20). The molecule has 0 spiro atoms. The Balaban J connectivity index is 1.81. The summed E-state index contributed by atoms with van der Waals surface area (Å²) in [5.74, 6) is 0.842. The lowest BCUT2D eigenvalue weighted by molar-refractivity contribution is -0.380. The molecule has 2 aromatic heterocycles. The van der Waals surface area contributed by atoms with E-state index in [2.05, 4.69) is 10.3 Å². The Kier molecular flexibility index (Phi) is 5.14. The van der Waals surface area contributed by atoms with Gasteiger partial charge in [-0.15, -0.1) is 11.3 Å². The van der Waals surface area contributed by atoms with Crippen LogP contribution in [0.25, 0.3) is 11.3 Å². The quantitative estimate of drug-likeness (QED) is 0.502. The molecule has 0 aliphatic carbocycles. The summed E-state index contributed by atoms with van der Waals surface area (Å²) in [4.78, 5) is 27.0. The van der Waals surface area contributed by atoms with Crippen molar-refractivity contribution in [1.82, 2.24) is 4.98 Å². The van der Waals surface area contributed by atoms with Gasteiger partial charge in [0.2, 0.25) is 0 Å². The predicted molar refractivity (Wildman–Crippen MR) is 99.6 cm³/mol. The average Bonchev–Trinajstić information content (AvgIpc) is 3.30. The summed E-state index contributed by atoms with van der Waals surface area (Å²) in [6.07, 6.45) is 0. The lowest BCUT2D eigenvalue weighted by Crippen LogP contribution is -2.09. The number of thiophene rings is 1. The number of nitro groups is 1. The number of anilines is 1. The molecule has 3 aromatic rings. The van der Waals surface area contributed by atoms with E-state index in [9.17, 15) is 14.9 Å². The normalized spacial score (nSPS) is 10.4. The molecule has 1 aromatic carbocycles. The lowest BCUT2D eigenvalue weighted by atomic mass is 10.1. The van der Waals surface area contributed by atoms with Gasteiger partial charge in [0.15, 0.2) is 5.13 Å². The van der Waals surface area contributed by atoms with Crippen molar-refractivity contribution in [1.29, 1.82) is 0 Å². The maximum absolute atomic E-state index is 12.2. The SMILES string of the molecule is COc1ccc(OC)c(-c2csc(NC(=O)c3ccc([N+](=O)[O-])s3)n2)c1. The van der Waals surface area contributed by atoms with Crippen LogP contribution in [0.5, 0.6) is 11.5 Å².